The first-order valence-electron chi connectivity index (χ1n) is 19.8. The number of hydrogen-bond acceptors (Lipinski definition) is 4. The van der Waals surface area contributed by atoms with E-state index in [2.05, 4.69) is 13.8 Å². The predicted octanol–water partition coefficient (Wildman–Crippen LogP) is 13.2. The normalized spacial score (nSPS) is 10.6. The molecule has 5 heteroatoms. The molecule has 0 rings (SSSR count). The summed E-state index contributed by atoms with van der Waals surface area (Å²) in [6, 6.07) is 0. The molecule has 45 heavy (non-hydrogen) atoms. The van der Waals surface area contributed by atoms with Crippen LogP contribution in [0.3, 0.4) is 0 Å². The van der Waals surface area contributed by atoms with Crippen LogP contribution in [0, 0.1) is 0 Å². The molecular formula is C40H80O4Sn. The van der Waals surface area contributed by atoms with Gasteiger partial charge >= 0.3 is 11.9 Å². The van der Waals surface area contributed by atoms with E-state index in [0.29, 0.717) is 13.2 Å². The summed E-state index contributed by atoms with van der Waals surface area (Å²) in [7, 11) is 0. The molecular weight excluding hydrogens is 663 g/mol. The summed E-state index contributed by atoms with van der Waals surface area (Å²) in [4.78, 5) is 21.2. The zero-order valence-electron chi connectivity index (χ0n) is 31.2. The van der Waals surface area contributed by atoms with Gasteiger partial charge in [-0.3, -0.25) is 9.59 Å². The Morgan fingerprint density at radius 2 is 0.467 bits per heavy atom. The molecule has 0 amide bonds. The summed E-state index contributed by atoms with van der Waals surface area (Å²) in [6.45, 7) is 8.73. The van der Waals surface area contributed by atoms with E-state index >= 15 is 0 Å². The van der Waals surface area contributed by atoms with Gasteiger partial charge in [0.25, 0.3) is 0 Å². The Labute approximate surface area is 300 Å². The SMILES string of the molecule is CCCCCCCCCCCCCCCCCCOC(C)=O.CCCCCCCCCCCCCCCCCCOC(C)=O.[Sn]. The van der Waals surface area contributed by atoms with E-state index in [1.54, 1.807) is 0 Å². The van der Waals surface area contributed by atoms with Crippen molar-refractivity contribution in [1.82, 2.24) is 0 Å². The average molecular weight is 744 g/mol. The fourth-order valence-electron chi connectivity index (χ4n) is 5.73. The van der Waals surface area contributed by atoms with Gasteiger partial charge < -0.3 is 9.47 Å². The first-order chi connectivity index (χ1) is 21.5. The van der Waals surface area contributed by atoms with Crippen molar-refractivity contribution in [2.75, 3.05) is 13.2 Å². The van der Waals surface area contributed by atoms with Gasteiger partial charge in [-0.05, 0) is 12.8 Å². The number of ether oxygens (including phenoxy) is 2. The van der Waals surface area contributed by atoms with Crippen molar-refractivity contribution >= 4 is 35.8 Å². The Kier molecular flexibility index (Phi) is 50.1. The first kappa shape index (κ1) is 49.1. The molecule has 268 valence electrons. The molecule has 0 aromatic heterocycles. The number of hydrogen-bond donors (Lipinski definition) is 0. The van der Waals surface area contributed by atoms with Crippen LogP contribution >= 0.6 is 0 Å². The number of carbonyl (C=O) groups is 2. The van der Waals surface area contributed by atoms with Crippen molar-refractivity contribution in [2.45, 2.75) is 233 Å². The molecule has 0 heterocycles. The molecule has 0 saturated heterocycles. The van der Waals surface area contributed by atoms with Crippen LogP contribution in [0.5, 0.6) is 0 Å². The Hall–Kier alpha value is -0.261. The van der Waals surface area contributed by atoms with Gasteiger partial charge in [0.05, 0.1) is 13.2 Å². The third kappa shape index (κ3) is 53.5. The van der Waals surface area contributed by atoms with E-state index in [1.807, 2.05) is 0 Å². The molecule has 0 bridgehead atoms. The van der Waals surface area contributed by atoms with E-state index in [0.717, 1.165) is 12.8 Å². The summed E-state index contributed by atoms with van der Waals surface area (Å²) >= 11 is 0. The number of unbranched alkanes of at least 4 members (excludes halogenated alkanes) is 30. The van der Waals surface area contributed by atoms with Gasteiger partial charge in [-0.15, -0.1) is 0 Å². The zero-order valence-corrected chi connectivity index (χ0v) is 34.0. The van der Waals surface area contributed by atoms with Crippen molar-refractivity contribution in [3.05, 3.63) is 0 Å². The van der Waals surface area contributed by atoms with Crippen molar-refractivity contribution in [3.8, 4) is 0 Å². The monoisotopic (exact) mass is 745 g/mol. The number of rotatable bonds is 34. The van der Waals surface area contributed by atoms with E-state index < -0.39 is 0 Å². The molecule has 0 N–H and O–H groups in total. The summed E-state index contributed by atoms with van der Waals surface area (Å²) in [5, 5.41) is 0. The quantitative estimate of drug-likeness (QED) is 0.0374. The van der Waals surface area contributed by atoms with Gasteiger partial charge in [-0.25, -0.2) is 0 Å². The summed E-state index contributed by atoms with van der Waals surface area (Å²) < 4.78 is 9.84. The minimum absolute atomic E-state index is 0. The Morgan fingerprint density at radius 1 is 0.311 bits per heavy atom. The second-order valence-electron chi connectivity index (χ2n) is 13.3. The maximum absolute atomic E-state index is 10.6. The molecule has 0 aliphatic carbocycles. The molecule has 0 aliphatic rings. The van der Waals surface area contributed by atoms with E-state index in [1.165, 1.54) is 206 Å². The fraction of sp³-hybridized carbons (Fsp3) is 0.950. The van der Waals surface area contributed by atoms with Crippen LogP contribution in [0.2, 0.25) is 0 Å². The molecule has 0 saturated carbocycles. The average Bonchev–Trinajstić information content (AvgIpc) is 3.00. The van der Waals surface area contributed by atoms with Crippen molar-refractivity contribution < 1.29 is 19.1 Å². The Bertz CT molecular complexity index is 506. The Morgan fingerprint density at radius 3 is 0.622 bits per heavy atom. The Balaban J connectivity index is -0.000000767. The van der Waals surface area contributed by atoms with Crippen molar-refractivity contribution in [2.24, 2.45) is 0 Å². The van der Waals surface area contributed by atoms with Gasteiger partial charge in [0, 0.05) is 37.8 Å². The van der Waals surface area contributed by atoms with Crippen LogP contribution in [0.4, 0.5) is 0 Å². The van der Waals surface area contributed by atoms with Gasteiger partial charge in [0.15, 0.2) is 0 Å². The molecule has 0 aromatic carbocycles. The largest absolute Gasteiger partial charge is 0.466 e. The maximum Gasteiger partial charge on any atom is 0.302 e. The predicted molar refractivity (Wildman–Crippen MR) is 198 cm³/mol. The summed E-state index contributed by atoms with van der Waals surface area (Å²) in [5.74, 6) is -0.304. The molecule has 0 atom stereocenters. The number of esters is 2. The van der Waals surface area contributed by atoms with Crippen LogP contribution in [0.1, 0.15) is 233 Å². The molecule has 0 fully saturated rings. The smallest absolute Gasteiger partial charge is 0.302 e. The second kappa shape index (κ2) is 45.9. The number of carbonyl (C=O) groups excluding carboxylic acids is 2. The van der Waals surface area contributed by atoms with Crippen LogP contribution in [-0.4, -0.2) is 49.1 Å². The molecule has 4 radical (unpaired) electrons. The minimum Gasteiger partial charge on any atom is -0.466 e. The molecule has 0 spiro atoms. The van der Waals surface area contributed by atoms with Crippen LogP contribution in [-0.2, 0) is 19.1 Å². The first-order valence-corrected chi connectivity index (χ1v) is 19.8. The van der Waals surface area contributed by atoms with Crippen molar-refractivity contribution in [3.63, 3.8) is 0 Å². The summed E-state index contributed by atoms with van der Waals surface area (Å²) in [6.07, 6.45) is 43.9. The van der Waals surface area contributed by atoms with Gasteiger partial charge in [0.2, 0.25) is 0 Å². The van der Waals surface area contributed by atoms with Crippen LogP contribution in [0.15, 0.2) is 0 Å². The zero-order chi connectivity index (χ0) is 32.6. The van der Waals surface area contributed by atoms with E-state index in [-0.39, 0.29) is 35.8 Å². The van der Waals surface area contributed by atoms with Crippen molar-refractivity contribution in [1.29, 1.82) is 0 Å². The topological polar surface area (TPSA) is 52.6 Å². The summed E-state index contributed by atoms with van der Waals surface area (Å²) in [5.41, 5.74) is 0. The third-order valence-corrected chi connectivity index (χ3v) is 8.61. The second-order valence-corrected chi connectivity index (χ2v) is 13.3. The van der Waals surface area contributed by atoms with Crippen LogP contribution in [0.25, 0.3) is 0 Å². The van der Waals surface area contributed by atoms with Gasteiger partial charge in [0.1, 0.15) is 0 Å². The molecule has 0 unspecified atom stereocenters. The maximum atomic E-state index is 10.6. The fourth-order valence-corrected chi connectivity index (χ4v) is 5.73. The molecule has 0 aromatic rings. The van der Waals surface area contributed by atoms with E-state index in [4.69, 9.17) is 9.47 Å². The third-order valence-electron chi connectivity index (χ3n) is 8.61. The minimum atomic E-state index is -0.152. The molecule has 0 aliphatic heterocycles. The van der Waals surface area contributed by atoms with Crippen LogP contribution < -0.4 is 0 Å². The van der Waals surface area contributed by atoms with Gasteiger partial charge in [-0.2, -0.15) is 0 Å². The van der Waals surface area contributed by atoms with E-state index in [9.17, 15) is 9.59 Å². The standard InChI is InChI=1S/2C20H40O2.Sn/c2*1-3-4-5-6-7-8-9-10-11-12-13-14-15-16-17-18-19-22-20(2)21;/h2*3-19H2,1-2H3;. The molecule has 4 nitrogen and oxygen atoms in total. The van der Waals surface area contributed by atoms with Gasteiger partial charge in [-0.1, -0.05) is 206 Å².